The molecular weight excluding hydrogens is 500 g/mol. The van der Waals surface area contributed by atoms with Crippen molar-refractivity contribution in [3.8, 4) is 16.8 Å². The fourth-order valence-corrected chi connectivity index (χ4v) is 5.35. The van der Waals surface area contributed by atoms with Gasteiger partial charge in [0.2, 0.25) is 5.91 Å². The number of amides is 1. The summed E-state index contributed by atoms with van der Waals surface area (Å²) in [4.78, 5) is 30.8. The number of halogens is 1. The number of rotatable bonds is 6. The van der Waals surface area contributed by atoms with E-state index in [-0.39, 0.29) is 19.4 Å². The maximum Gasteiger partial charge on any atom is 0.327 e. The van der Waals surface area contributed by atoms with E-state index in [2.05, 4.69) is 34.3 Å². The van der Waals surface area contributed by atoms with Gasteiger partial charge in [-0.3, -0.25) is 14.4 Å². The molecule has 1 aliphatic rings. The SMILES string of the molecule is Cc1sc2c(c1C)C(c1ccc(Cl)cc1)=N[C@@H](CC(=O)NC(CC#CCN)C(=O)O)c1nnc(C)n1-2. The predicted molar refractivity (Wildman–Crippen MR) is 139 cm³/mol. The number of nitrogens with zero attached hydrogens (tertiary/aromatic N) is 4. The van der Waals surface area contributed by atoms with Gasteiger partial charge in [0.05, 0.1) is 18.7 Å². The number of aliphatic imine (C=N–C) groups is 1. The summed E-state index contributed by atoms with van der Waals surface area (Å²) in [5.41, 5.74) is 8.95. The highest BCUT2D eigenvalue weighted by Gasteiger charge is 2.33. The molecule has 9 nitrogen and oxygen atoms in total. The van der Waals surface area contributed by atoms with Crippen molar-refractivity contribution in [2.45, 2.75) is 45.7 Å². The number of benzene rings is 1. The molecule has 11 heteroatoms. The van der Waals surface area contributed by atoms with E-state index in [1.807, 2.05) is 30.5 Å². The number of hydrogen-bond acceptors (Lipinski definition) is 7. The Labute approximate surface area is 217 Å². The van der Waals surface area contributed by atoms with Gasteiger partial charge in [0.15, 0.2) is 5.82 Å². The Balaban J connectivity index is 1.77. The van der Waals surface area contributed by atoms with Gasteiger partial charge < -0.3 is 16.2 Å². The first-order valence-electron chi connectivity index (χ1n) is 11.3. The summed E-state index contributed by atoms with van der Waals surface area (Å²) >= 11 is 7.75. The molecule has 0 spiro atoms. The lowest BCUT2D eigenvalue weighted by Gasteiger charge is -2.15. The molecule has 3 aromatic rings. The maximum atomic E-state index is 13.0. The van der Waals surface area contributed by atoms with E-state index in [4.69, 9.17) is 22.3 Å². The van der Waals surface area contributed by atoms with Crippen LogP contribution in [0.5, 0.6) is 0 Å². The number of nitrogens with one attached hydrogen (secondary N) is 1. The van der Waals surface area contributed by atoms with Crippen LogP contribution in [-0.4, -0.2) is 50.0 Å². The Morgan fingerprint density at radius 3 is 2.61 bits per heavy atom. The van der Waals surface area contributed by atoms with E-state index >= 15 is 0 Å². The van der Waals surface area contributed by atoms with Crippen LogP contribution < -0.4 is 11.1 Å². The van der Waals surface area contributed by atoms with Gasteiger partial charge in [-0.05, 0) is 38.5 Å². The van der Waals surface area contributed by atoms with Gasteiger partial charge in [0.25, 0.3) is 0 Å². The topological polar surface area (TPSA) is 135 Å². The van der Waals surface area contributed by atoms with Crippen molar-refractivity contribution in [2.24, 2.45) is 10.7 Å². The lowest BCUT2D eigenvalue weighted by molar-refractivity contribution is -0.141. The number of nitrogens with two attached hydrogens (primary N) is 1. The quantitative estimate of drug-likeness (QED) is 0.424. The number of carboxylic acids is 1. The Kier molecular flexibility index (Phi) is 7.54. The van der Waals surface area contributed by atoms with Gasteiger partial charge in [-0.2, -0.15) is 0 Å². The molecule has 4 rings (SSSR count). The van der Waals surface area contributed by atoms with Crippen molar-refractivity contribution in [3.05, 3.63) is 62.5 Å². The van der Waals surface area contributed by atoms with E-state index in [9.17, 15) is 14.7 Å². The molecule has 186 valence electrons. The average Bonchev–Trinajstić information content (AvgIpc) is 3.31. The van der Waals surface area contributed by atoms with Crippen LogP contribution in [0.3, 0.4) is 0 Å². The lowest BCUT2D eigenvalue weighted by Crippen LogP contribution is -2.41. The second-order valence-electron chi connectivity index (χ2n) is 8.33. The highest BCUT2D eigenvalue weighted by Crippen LogP contribution is 2.39. The minimum atomic E-state index is -1.17. The minimum absolute atomic E-state index is 0.0483. The summed E-state index contributed by atoms with van der Waals surface area (Å²) in [6, 6.07) is 5.53. The van der Waals surface area contributed by atoms with Crippen LogP contribution in [0.15, 0.2) is 29.3 Å². The zero-order valence-electron chi connectivity index (χ0n) is 20.0. The molecule has 3 heterocycles. The fraction of sp³-hybridized carbons (Fsp3) is 0.320. The van der Waals surface area contributed by atoms with Crippen molar-refractivity contribution >= 4 is 40.5 Å². The third-order valence-electron chi connectivity index (χ3n) is 5.90. The first kappa shape index (κ1) is 25.6. The van der Waals surface area contributed by atoms with E-state index in [1.54, 1.807) is 23.5 Å². The molecule has 1 aliphatic heterocycles. The van der Waals surface area contributed by atoms with E-state index in [0.29, 0.717) is 16.7 Å². The Morgan fingerprint density at radius 1 is 1.22 bits per heavy atom. The van der Waals surface area contributed by atoms with Gasteiger partial charge >= 0.3 is 5.97 Å². The summed E-state index contributed by atoms with van der Waals surface area (Å²) in [6.07, 6.45) is -0.163. The number of carbonyl (C=O) groups excluding carboxylic acids is 1. The highest BCUT2D eigenvalue weighted by molar-refractivity contribution is 7.15. The molecule has 0 saturated heterocycles. The van der Waals surface area contributed by atoms with Crippen LogP contribution >= 0.6 is 22.9 Å². The molecule has 2 aromatic heterocycles. The minimum Gasteiger partial charge on any atom is -0.480 e. The molecular formula is C25H25ClN6O3S. The lowest BCUT2D eigenvalue weighted by atomic mass is 9.99. The van der Waals surface area contributed by atoms with Crippen LogP contribution in [-0.2, 0) is 9.59 Å². The standard InChI is InChI=1S/C25H25ClN6O3S/c1-13-14(2)36-24-21(13)22(16-7-9-17(26)10-8-16)29-19(23-31-30-15(3)32(23)24)12-20(33)28-18(25(34)35)6-4-5-11-27/h7-10,18-19H,6,11-12,27H2,1-3H3,(H,28,33)(H,34,35)/t18?,19-/m0/s1. The van der Waals surface area contributed by atoms with Gasteiger partial charge in [0, 0.05) is 27.4 Å². The number of thiophene rings is 1. The molecule has 36 heavy (non-hydrogen) atoms. The van der Waals surface area contributed by atoms with Crippen molar-refractivity contribution in [1.82, 2.24) is 20.1 Å². The molecule has 0 saturated carbocycles. The highest BCUT2D eigenvalue weighted by atomic mass is 35.5. The Hall–Kier alpha value is -3.52. The van der Waals surface area contributed by atoms with Gasteiger partial charge in [-0.25, -0.2) is 4.79 Å². The first-order chi connectivity index (χ1) is 17.2. The van der Waals surface area contributed by atoms with E-state index < -0.39 is 24.0 Å². The molecule has 4 N–H and O–H groups in total. The van der Waals surface area contributed by atoms with Crippen molar-refractivity contribution in [3.63, 3.8) is 0 Å². The Morgan fingerprint density at radius 2 is 1.94 bits per heavy atom. The number of aliphatic carboxylic acids is 1. The Bertz CT molecular complexity index is 1410. The second kappa shape index (κ2) is 10.6. The maximum absolute atomic E-state index is 13.0. The van der Waals surface area contributed by atoms with E-state index in [1.165, 1.54) is 0 Å². The summed E-state index contributed by atoms with van der Waals surface area (Å²) in [6.45, 7) is 6.06. The molecule has 2 atom stereocenters. The number of carboxylic acid groups (broad SMARTS) is 1. The van der Waals surface area contributed by atoms with E-state index in [0.717, 1.165) is 32.3 Å². The van der Waals surface area contributed by atoms with Crippen molar-refractivity contribution in [1.29, 1.82) is 0 Å². The van der Waals surface area contributed by atoms with Crippen LogP contribution in [0.2, 0.25) is 5.02 Å². The van der Waals surface area contributed by atoms with Gasteiger partial charge in [-0.15, -0.1) is 21.5 Å². The van der Waals surface area contributed by atoms with Gasteiger partial charge in [0.1, 0.15) is 22.9 Å². The second-order valence-corrected chi connectivity index (χ2v) is 9.97. The molecule has 0 bridgehead atoms. The smallest absolute Gasteiger partial charge is 0.327 e. The summed E-state index contributed by atoms with van der Waals surface area (Å²) in [7, 11) is 0. The van der Waals surface area contributed by atoms with Crippen LogP contribution in [0.1, 0.15) is 52.1 Å². The van der Waals surface area contributed by atoms with Gasteiger partial charge in [-0.1, -0.05) is 35.6 Å². The molecule has 0 aliphatic carbocycles. The molecule has 1 aromatic carbocycles. The molecule has 1 unspecified atom stereocenters. The molecule has 0 radical (unpaired) electrons. The van der Waals surface area contributed by atoms with Crippen LogP contribution in [0.25, 0.3) is 5.00 Å². The van der Waals surface area contributed by atoms with Crippen molar-refractivity contribution in [2.75, 3.05) is 6.54 Å². The third-order valence-corrected chi connectivity index (χ3v) is 7.35. The largest absolute Gasteiger partial charge is 0.480 e. The zero-order valence-corrected chi connectivity index (χ0v) is 21.6. The van der Waals surface area contributed by atoms with Crippen LogP contribution in [0.4, 0.5) is 0 Å². The summed E-state index contributed by atoms with van der Waals surface area (Å²) < 4.78 is 1.94. The third kappa shape index (κ3) is 5.04. The monoisotopic (exact) mass is 524 g/mol. The first-order valence-corrected chi connectivity index (χ1v) is 12.4. The normalized spacial score (nSPS) is 15.0. The summed E-state index contributed by atoms with van der Waals surface area (Å²) in [5, 5.41) is 22.2. The average molecular weight is 525 g/mol. The predicted octanol–water partition coefficient (Wildman–Crippen LogP) is 3.11. The number of aryl methyl sites for hydroxylation is 2. The number of hydrogen-bond donors (Lipinski definition) is 3. The van der Waals surface area contributed by atoms with Crippen LogP contribution in [0, 0.1) is 32.6 Å². The number of fused-ring (bicyclic) bond motifs is 3. The number of carbonyl (C=O) groups is 2. The molecule has 0 fully saturated rings. The fourth-order valence-electron chi connectivity index (χ4n) is 4.01. The summed E-state index contributed by atoms with van der Waals surface area (Å²) in [5.74, 6) is 4.83. The molecule has 1 amide bonds. The van der Waals surface area contributed by atoms with Crippen molar-refractivity contribution < 1.29 is 14.7 Å². The number of aromatic nitrogens is 3. The zero-order chi connectivity index (χ0) is 26.0.